The zero-order valence-corrected chi connectivity index (χ0v) is 18.8. The van der Waals surface area contributed by atoms with Crippen LogP contribution in [0.3, 0.4) is 0 Å². The van der Waals surface area contributed by atoms with Gasteiger partial charge in [0.1, 0.15) is 32.7 Å². The number of amides is 1. The Morgan fingerprint density at radius 1 is 0.967 bits per heavy atom. The van der Waals surface area contributed by atoms with Crippen molar-refractivity contribution in [2.75, 3.05) is 60.0 Å². The Bertz CT molecular complexity index is 718. The maximum atomic E-state index is 12.9. The molecule has 1 amide bonds. The average Bonchev–Trinajstić information content (AvgIpc) is 2.80. The number of quaternary nitrogens is 2. The van der Waals surface area contributed by atoms with Gasteiger partial charge in [-0.25, -0.2) is 0 Å². The summed E-state index contributed by atoms with van der Waals surface area (Å²) in [5.74, 6) is 3.62. The summed E-state index contributed by atoms with van der Waals surface area (Å²) in [7, 11) is 3.35. The van der Waals surface area contributed by atoms with E-state index in [0.29, 0.717) is 12.5 Å². The lowest BCUT2D eigenvalue weighted by Crippen LogP contribution is -3.28. The van der Waals surface area contributed by atoms with Crippen LogP contribution in [0.25, 0.3) is 0 Å². The third kappa shape index (κ3) is 5.09. The van der Waals surface area contributed by atoms with Crippen LogP contribution in [-0.2, 0) is 11.3 Å². The summed E-state index contributed by atoms with van der Waals surface area (Å²) in [5, 5.41) is 0. The Balaban J connectivity index is 1.22. The molecule has 166 valence electrons. The first-order chi connectivity index (χ1) is 14.7. The summed E-state index contributed by atoms with van der Waals surface area (Å²) < 4.78 is 10.8. The number of methoxy groups -OCH3 is 2. The number of likely N-dealkylation sites (tertiary alicyclic amines) is 1. The van der Waals surface area contributed by atoms with Crippen LogP contribution in [0.5, 0.6) is 11.5 Å². The maximum Gasteiger partial charge on any atom is 0.277 e. The molecule has 0 spiro atoms. The number of benzene rings is 1. The van der Waals surface area contributed by atoms with E-state index in [2.05, 4.69) is 17.0 Å². The van der Waals surface area contributed by atoms with Crippen LogP contribution in [0, 0.1) is 11.8 Å². The van der Waals surface area contributed by atoms with Gasteiger partial charge in [-0.3, -0.25) is 4.79 Å². The van der Waals surface area contributed by atoms with Crippen LogP contribution in [-0.4, -0.2) is 70.8 Å². The van der Waals surface area contributed by atoms with Gasteiger partial charge in [-0.1, -0.05) is 19.3 Å². The molecule has 2 heterocycles. The molecule has 30 heavy (non-hydrogen) atoms. The third-order valence-electron chi connectivity index (χ3n) is 7.61. The van der Waals surface area contributed by atoms with Gasteiger partial charge < -0.3 is 24.2 Å². The second-order valence-electron chi connectivity index (χ2n) is 9.48. The van der Waals surface area contributed by atoms with Crippen molar-refractivity contribution in [2.24, 2.45) is 11.8 Å². The number of ether oxygens (including phenoxy) is 2. The monoisotopic (exact) mass is 417 g/mol. The Hall–Kier alpha value is -1.79. The molecule has 0 unspecified atom stereocenters. The van der Waals surface area contributed by atoms with E-state index in [1.54, 1.807) is 19.1 Å². The highest BCUT2D eigenvalue weighted by Gasteiger charge is 2.34. The molecule has 1 saturated carbocycles. The van der Waals surface area contributed by atoms with Crippen LogP contribution < -0.4 is 19.3 Å². The number of rotatable bonds is 6. The minimum absolute atomic E-state index is 0.386. The second-order valence-corrected chi connectivity index (χ2v) is 9.48. The van der Waals surface area contributed by atoms with Crippen molar-refractivity contribution in [3.05, 3.63) is 23.8 Å². The number of fused-ring (bicyclic) bond motifs is 1. The number of carbonyl (C=O) groups is 1. The molecule has 0 radical (unpaired) electrons. The van der Waals surface area contributed by atoms with E-state index >= 15 is 0 Å². The molecule has 6 nitrogen and oxygen atoms in total. The molecule has 6 heteroatoms. The second kappa shape index (κ2) is 10.0. The van der Waals surface area contributed by atoms with Crippen LogP contribution in [0.4, 0.5) is 0 Å². The van der Waals surface area contributed by atoms with Gasteiger partial charge in [0.15, 0.2) is 18.0 Å². The Morgan fingerprint density at radius 2 is 1.67 bits per heavy atom. The van der Waals surface area contributed by atoms with Gasteiger partial charge in [-0.15, -0.1) is 0 Å². The maximum absolute atomic E-state index is 12.9. The first kappa shape index (κ1) is 21.4. The Labute approximate surface area is 181 Å². The predicted octanol–water partition coefficient (Wildman–Crippen LogP) is 0.0259. The Morgan fingerprint density at radius 3 is 2.40 bits per heavy atom. The van der Waals surface area contributed by atoms with Gasteiger partial charge in [-0.05, 0) is 42.9 Å². The molecule has 2 atom stereocenters. The smallest absolute Gasteiger partial charge is 0.277 e. The normalized spacial score (nSPS) is 29.2. The highest BCUT2D eigenvalue weighted by atomic mass is 16.5. The van der Waals surface area contributed by atoms with Crippen LogP contribution in [0.2, 0.25) is 0 Å². The number of hydrogen-bond donors (Lipinski definition) is 2. The molecule has 4 rings (SSSR count). The molecule has 2 saturated heterocycles. The van der Waals surface area contributed by atoms with E-state index in [1.165, 1.54) is 42.6 Å². The molecule has 1 aromatic carbocycles. The summed E-state index contributed by atoms with van der Waals surface area (Å²) in [5.41, 5.74) is 1.28. The molecular formula is C24H39N3O3+2. The van der Waals surface area contributed by atoms with Crippen molar-refractivity contribution < 1.29 is 24.1 Å². The van der Waals surface area contributed by atoms with Crippen molar-refractivity contribution in [3.63, 3.8) is 0 Å². The summed E-state index contributed by atoms with van der Waals surface area (Å²) >= 11 is 0. The molecule has 0 bridgehead atoms. The first-order valence-corrected chi connectivity index (χ1v) is 11.8. The average molecular weight is 418 g/mol. The van der Waals surface area contributed by atoms with Gasteiger partial charge in [0, 0.05) is 18.7 Å². The molecular weight excluding hydrogens is 378 g/mol. The number of nitrogens with one attached hydrogen (secondary N) is 2. The molecule has 3 aliphatic rings. The minimum Gasteiger partial charge on any atom is -0.493 e. The zero-order valence-electron chi connectivity index (χ0n) is 18.8. The van der Waals surface area contributed by atoms with Crippen molar-refractivity contribution in [3.8, 4) is 11.5 Å². The highest BCUT2D eigenvalue weighted by molar-refractivity contribution is 5.77. The first-order valence-electron chi connectivity index (χ1n) is 11.8. The fraction of sp³-hybridized carbons (Fsp3) is 0.708. The number of carbonyl (C=O) groups excluding carboxylic acids is 1. The van der Waals surface area contributed by atoms with Crippen LogP contribution >= 0.6 is 0 Å². The van der Waals surface area contributed by atoms with E-state index in [1.807, 2.05) is 6.07 Å². The third-order valence-corrected chi connectivity index (χ3v) is 7.61. The predicted molar refractivity (Wildman–Crippen MR) is 116 cm³/mol. The standard InChI is InChI=1S/C24H37N3O3/c1-29-22-8-7-19(15-23(22)30-2)16-25-11-13-26(14-12-25)18-24(28)27-10-9-20-5-3-4-6-21(20)17-27/h7-8,15,20-21H,3-6,9-14,16-18H2,1-2H3/p+2/t20-,21+/m1/s1. The number of piperidine rings is 1. The lowest BCUT2D eigenvalue weighted by Gasteiger charge is -2.41. The van der Waals surface area contributed by atoms with Gasteiger partial charge in [0.05, 0.1) is 14.2 Å². The molecule has 2 N–H and O–H groups in total. The molecule has 0 aromatic heterocycles. The van der Waals surface area contributed by atoms with E-state index in [9.17, 15) is 4.79 Å². The van der Waals surface area contributed by atoms with Crippen molar-refractivity contribution in [2.45, 2.75) is 38.6 Å². The molecule has 1 aromatic rings. The van der Waals surface area contributed by atoms with Gasteiger partial charge in [0.2, 0.25) is 0 Å². The summed E-state index contributed by atoms with van der Waals surface area (Å²) in [6.45, 7) is 8.07. The minimum atomic E-state index is 0.386. The van der Waals surface area contributed by atoms with Gasteiger partial charge >= 0.3 is 0 Å². The van der Waals surface area contributed by atoms with Crippen molar-refractivity contribution in [1.82, 2.24) is 4.90 Å². The number of hydrogen-bond acceptors (Lipinski definition) is 3. The van der Waals surface area contributed by atoms with Gasteiger partial charge in [0.25, 0.3) is 5.91 Å². The largest absolute Gasteiger partial charge is 0.493 e. The zero-order chi connectivity index (χ0) is 20.9. The summed E-state index contributed by atoms with van der Waals surface area (Å²) in [6, 6.07) is 6.21. The molecule has 3 fully saturated rings. The fourth-order valence-corrected chi connectivity index (χ4v) is 5.74. The topological polar surface area (TPSA) is 47.7 Å². The fourth-order valence-electron chi connectivity index (χ4n) is 5.74. The van der Waals surface area contributed by atoms with E-state index < -0.39 is 0 Å². The SMILES string of the molecule is COc1ccc(C[NH+]2CC[NH+](CC(=O)N3CC[C@H]4CCCC[C@H]4C3)CC2)cc1OC. The number of piperazine rings is 1. The Kier molecular flexibility index (Phi) is 7.16. The van der Waals surface area contributed by atoms with E-state index in [0.717, 1.165) is 69.1 Å². The summed E-state index contributed by atoms with van der Waals surface area (Å²) in [4.78, 5) is 18.1. The molecule has 1 aliphatic carbocycles. The van der Waals surface area contributed by atoms with Crippen LogP contribution in [0.15, 0.2) is 18.2 Å². The van der Waals surface area contributed by atoms with E-state index in [4.69, 9.17) is 9.47 Å². The lowest BCUT2D eigenvalue weighted by atomic mass is 9.75. The van der Waals surface area contributed by atoms with Crippen molar-refractivity contribution >= 4 is 5.91 Å². The lowest BCUT2D eigenvalue weighted by molar-refractivity contribution is -1.02. The molecule has 2 aliphatic heterocycles. The highest BCUT2D eigenvalue weighted by Crippen LogP contribution is 2.35. The van der Waals surface area contributed by atoms with E-state index in [-0.39, 0.29) is 0 Å². The summed E-state index contributed by atoms with van der Waals surface area (Å²) in [6.07, 6.45) is 6.71. The van der Waals surface area contributed by atoms with Crippen molar-refractivity contribution in [1.29, 1.82) is 0 Å². The van der Waals surface area contributed by atoms with Crippen LogP contribution in [0.1, 0.15) is 37.7 Å². The van der Waals surface area contributed by atoms with Gasteiger partial charge in [-0.2, -0.15) is 0 Å². The number of nitrogens with zero attached hydrogens (tertiary/aromatic N) is 1. The quantitative estimate of drug-likeness (QED) is 0.687.